The molecule has 0 aliphatic heterocycles. The van der Waals surface area contributed by atoms with Gasteiger partial charge in [-0.05, 0) is 26.0 Å². The molecular weight excluding hydrogens is 297 g/mol. The Hall–Kier alpha value is -0.780. The van der Waals surface area contributed by atoms with Crippen molar-refractivity contribution in [3.63, 3.8) is 0 Å². The van der Waals surface area contributed by atoms with Crippen LogP contribution in [0.4, 0.5) is 19.0 Å². The van der Waals surface area contributed by atoms with Gasteiger partial charge in [-0.3, -0.25) is 0 Å². The molecule has 0 saturated heterocycles. The molecule has 0 bridgehead atoms. The molecule has 1 aromatic heterocycles. The maximum atomic E-state index is 12.8. The van der Waals surface area contributed by atoms with Crippen molar-refractivity contribution in [1.82, 2.24) is 4.98 Å². The van der Waals surface area contributed by atoms with E-state index in [1.54, 1.807) is 4.90 Å². The van der Waals surface area contributed by atoms with Gasteiger partial charge in [-0.1, -0.05) is 15.9 Å². The normalized spacial score (nSPS) is 11.9. The number of nitrogens with zero attached hydrogens (tertiary/aromatic N) is 2. The molecule has 17 heavy (non-hydrogen) atoms. The zero-order valence-electron chi connectivity index (χ0n) is 9.63. The molecule has 0 fully saturated rings. The van der Waals surface area contributed by atoms with Crippen molar-refractivity contribution in [2.45, 2.75) is 26.1 Å². The van der Waals surface area contributed by atoms with Crippen molar-refractivity contribution in [1.29, 1.82) is 0 Å². The van der Waals surface area contributed by atoms with Crippen molar-refractivity contribution in [3.8, 4) is 0 Å². The molecule has 0 radical (unpaired) electrons. The van der Waals surface area contributed by atoms with Crippen molar-refractivity contribution in [2.24, 2.45) is 0 Å². The van der Waals surface area contributed by atoms with Crippen LogP contribution in [0.15, 0.2) is 18.3 Å². The van der Waals surface area contributed by atoms with E-state index >= 15 is 0 Å². The van der Waals surface area contributed by atoms with Crippen LogP contribution in [0.2, 0.25) is 0 Å². The van der Waals surface area contributed by atoms with Crippen molar-refractivity contribution in [2.75, 3.05) is 16.8 Å². The van der Waals surface area contributed by atoms with Crippen LogP contribution in [0.25, 0.3) is 0 Å². The molecule has 0 spiro atoms. The number of hydrogen-bond donors (Lipinski definition) is 0. The Labute approximate surface area is 107 Å². The van der Waals surface area contributed by atoms with E-state index in [0.29, 0.717) is 11.9 Å². The zero-order chi connectivity index (χ0) is 13.1. The van der Waals surface area contributed by atoms with Crippen LogP contribution in [-0.4, -0.2) is 22.9 Å². The molecule has 6 heteroatoms. The van der Waals surface area contributed by atoms with Crippen LogP contribution in [0.5, 0.6) is 0 Å². The third-order valence-corrected chi connectivity index (χ3v) is 2.67. The van der Waals surface area contributed by atoms with Gasteiger partial charge in [-0.2, -0.15) is 13.2 Å². The van der Waals surface area contributed by atoms with Crippen LogP contribution in [0.1, 0.15) is 19.4 Å². The second kappa shape index (κ2) is 5.71. The van der Waals surface area contributed by atoms with Gasteiger partial charge < -0.3 is 4.90 Å². The average molecular weight is 311 g/mol. The highest BCUT2D eigenvalue weighted by atomic mass is 79.9. The van der Waals surface area contributed by atoms with Gasteiger partial charge in [0.1, 0.15) is 5.82 Å². The van der Waals surface area contributed by atoms with E-state index in [2.05, 4.69) is 20.9 Å². The average Bonchev–Trinajstić information content (AvgIpc) is 2.24. The maximum Gasteiger partial charge on any atom is 0.419 e. The summed E-state index contributed by atoms with van der Waals surface area (Å²) in [5.74, 6) is -0.00514. The van der Waals surface area contributed by atoms with Gasteiger partial charge in [0.15, 0.2) is 0 Å². The summed E-state index contributed by atoms with van der Waals surface area (Å²) in [6, 6.07) is 2.33. The first-order valence-electron chi connectivity index (χ1n) is 5.22. The molecule has 2 nitrogen and oxygen atoms in total. The molecular formula is C11H14BrF3N2. The Bertz CT molecular complexity index is 366. The summed E-state index contributed by atoms with van der Waals surface area (Å²) in [7, 11) is 0. The minimum atomic E-state index is -4.37. The minimum Gasteiger partial charge on any atom is -0.353 e. The lowest BCUT2D eigenvalue weighted by molar-refractivity contribution is -0.137. The van der Waals surface area contributed by atoms with E-state index in [-0.39, 0.29) is 11.9 Å². The quantitative estimate of drug-likeness (QED) is 0.788. The van der Waals surface area contributed by atoms with Crippen molar-refractivity contribution >= 4 is 21.7 Å². The predicted octanol–water partition coefficient (Wildman–Crippen LogP) is 3.71. The fourth-order valence-corrected chi connectivity index (χ4v) is 1.93. The molecule has 0 unspecified atom stereocenters. The van der Waals surface area contributed by atoms with Crippen molar-refractivity contribution in [3.05, 3.63) is 23.9 Å². The number of alkyl halides is 4. The lowest BCUT2D eigenvalue weighted by atomic mass is 10.2. The predicted molar refractivity (Wildman–Crippen MR) is 65.5 cm³/mol. The second-order valence-corrected chi connectivity index (χ2v) is 4.64. The summed E-state index contributed by atoms with van der Waals surface area (Å²) in [4.78, 5) is 5.51. The molecule has 0 N–H and O–H groups in total. The first-order valence-corrected chi connectivity index (χ1v) is 6.35. The van der Waals surface area contributed by atoms with Gasteiger partial charge in [0.05, 0.1) is 5.56 Å². The third-order valence-electron chi connectivity index (χ3n) is 2.31. The molecule has 0 aliphatic carbocycles. The van der Waals surface area contributed by atoms with Gasteiger partial charge >= 0.3 is 6.18 Å². The van der Waals surface area contributed by atoms with E-state index in [1.807, 2.05) is 13.8 Å². The largest absolute Gasteiger partial charge is 0.419 e. The molecule has 0 atom stereocenters. The van der Waals surface area contributed by atoms with E-state index in [0.717, 1.165) is 6.07 Å². The lowest BCUT2D eigenvalue weighted by Gasteiger charge is -2.29. The van der Waals surface area contributed by atoms with Crippen LogP contribution in [-0.2, 0) is 6.18 Å². The molecule has 1 aromatic rings. The highest BCUT2D eigenvalue weighted by Gasteiger charge is 2.35. The van der Waals surface area contributed by atoms with Gasteiger partial charge in [0.25, 0.3) is 0 Å². The minimum absolute atomic E-state index is 0.00514. The summed E-state index contributed by atoms with van der Waals surface area (Å²) in [5.41, 5.74) is -0.686. The Kier molecular flexibility index (Phi) is 4.80. The monoisotopic (exact) mass is 310 g/mol. The number of hydrogen-bond acceptors (Lipinski definition) is 2. The van der Waals surface area contributed by atoms with Gasteiger partial charge in [0.2, 0.25) is 0 Å². The maximum absolute atomic E-state index is 12.8. The Balaban J connectivity index is 3.19. The molecule has 0 aliphatic rings. The molecule has 1 heterocycles. The third kappa shape index (κ3) is 3.59. The molecule has 1 rings (SSSR count). The van der Waals surface area contributed by atoms with E-state index in [9.17, 15) is 13.2 Å². The zero-order valence-corrected chi connectivity index (χ0v) is 11.2. The summed E-state index contributed by atoms with van der Waals surface area (Å²) < 4.78 is 38.5. The van der Waals surface area contributed by atoms with E-state index in [1.165, 1.54) is 12.3 Å². The summed E-state index contributed by atoms with van der Waals surface area (Å²) in [5, 5.41) is 0.596. The standard InChI is InChI=1S/C11H14BrF3N2/c1-8(2)17(7-5-12)10-9(11(13,14)15)4-3-6-16-10/h3-4,6,8H,5,7H2,1-2H3. The van der Waals surface area contributed by atoms with Crippen LogP contribution in [0, 0.1) is 0 Å². The summed E-state index contributed by atoms with van der Waals surface area (Å²) >= 11 is 3.24. The fourth-order valence-electron chi connectivity index (χ4n) is 1.55. The van der Waals surface area contributed by atoms with Crippen molar-refractivity contribution < 1.29 is 13.2 Å². The first-order chi connectivity index (χ1) is 7.88. The summed E-state index contributed by atoms with van der Waals surface area (Å²) in [6.07, 6.45) is -2.99. The van der Waals surface area contributed by atoms with Gasteiger partial charge in [-0.25, -0.2) is 4.98 Å². The highest BCUT2D eigenvalue weighted by Crippen LogP contribution is 2.35. The van der Waals surface area contributed by atoms with E-state index in [4.69, 9.17) is 0 Å². The first kappa shape index (κ1) is 14.3. The molecule has 0 aromatic carbocycles. The number of halogens is 4. The molecule has 96 valence electrons. The molecule has 0 amide bonds. The van der Waals surface area contributed by atoms with Crippen LogP contribution >= 0.6 is 15.9 Å². The van der Waals surface area contributed by atoms with Crippen LogP contribution in [0.3, 0.4) is 0 Å². The smallest absolute Gasteiger partial charge is 0.353 e. The second-order valence-electron chi connectivity index (χ2n) is 3.85. The van der Waals surface area contributed by atoms with Crippen LogP contribution < -0.4 is 4.90 Å². The Morgan fingerprint density at radius 3 is 2.53 bits per heavy atom. The topological polar surface area (TPSA) is 16.1 Å². The number of aromatic nitrogens is 1. The number of pyridine rings is 1. The Morgan fingerprint density at radius 1 is 1.41 bits per heavy atom. The van der Waals surface area contributed by atoms with Gasteiger partial charge in [0, 0.05) is 24.1 Å². The Morgan fingerprint density at radius 2 is 2.06 bits per heavy atom. The number of rotatable bonds is 4. The fraction of sp³-hybridized carbons (Fsp3) is 0.545. The number of anilines is 1. The SMILES string of the molecule is CC(C)N(CCBr)c1ncccc1C(F)(F)F. The summed E-state index contributed by atoms with van der Waals surface area (Å²) in [6.45, 7) is 4.17. The van der Waals surface area contributed by atoms with E-state index < -0.39 is 11.7 Å². The van der Waals surface area contributed by atoms with Gasteiger partial charge in [-0.15, -0.1) is 0 Å². The highest BCUT2D eigenvalue weighted by molar-refractivity contribution is 9.09. The molecule has 0 saturated carbocycles. The lowest BCUT2D eigenvalue weighted by Crippen LogP contribution is -2.35.